The maximum atomic E-state index is 11.8. The predicted octanol–water partition coefficient (Wildman–Crippen LogP) is 2.55. The first-order valence-electron chi connectivity index (χ1n) is 7.63. The third-order valence-corrected chi connectivity index (χ3v) is 3.53. The lowest BCUT2D eigenvalue weighted by molar-refractivity contribution is 0.201. The number of carbonyl (C=O) groups is 1. The monoisotopic (exact) mass is 317 g/mol. The average molecular weight is 317 g/mol. The molecule has 3 N–H and O–H groups in total. The smallest absolute Gasteiger partial charge is 0.315 e. The zero-order chi connectivity index (χ0) is 16.7. The molecule has 0 aliphatic carbocycles. The van der Waals surface area contributed by atoms with E-state index in [0.717, 1.165) is 5.56 Å². The normalized spacial score (nSPS) is 11.3. The minimum atomic E-state index is -0.282. The van der Waals surface area contributed by atoms with E-state index in [-0.39, 0.29) is 24.6 Å². The lowest BCUT2D eigenvalue weighted by Gasteiger charge is -2.23. The van der Waals surface area contributed by atoms with Crippen molar-refractivity contribution in [3.8, 4) is 11.3 Å². The van der Waals surface area contributed by atoms with Crippen molar-refractivity contribution in [2.24, 2.45) is 5.41 Å². The molecule has 0 saturated heterocycles. The van der Waals surface area contributed by atoms with Crippen LogP contribution in [0, 0.1) is 5.41 Å². The molecular formula is C17H23N3O3. The van der Waals surface area contributed by atoms with Gasteiger partial charge in [0.1, 0.15) is 0 Å². The fraction of sp³-hybridized carbons (Fsp3) is 0.412. The number of amides is 2. The Balaban J connectivity index is 1.80. The summed E-state index contributed by atoms with van der Waals surface area (Å²) in [6, 6.07) is 9.39. The fourth-order valence-corrected chi connectivity index (χ4v) is 2.06. The molecule has 1 aromatic heterocycles. The van der Waals surface area contributed by atoms with Crippen molar-refractivity contribution in [2.75, 3.05) is 13.2 Å². The number of aliphatic hydroxyl groups is 1. The Labute approximate surface area is 135 Å². The highest BCUT2D eigenvalue weighted by Crippen LogP contribution is 2.19. The van der Waals surface area contributed by atoms with Crippen LogP contribution >= 0.6 is 0 Å². The molecule has 0 fully saturated rings. The van der Waals surface area contributed by atoms with Crippen molar-refractivity contribution in [1.82, 2.24) is 15.6 Å². The number of urea groups is 1. The van der Waals surface area contributed by atoms with Crippen molar-refractivity contribution >= 4 is 6.03 Å². The molecule has 1 heterocycles. The summed E-state index contributed by atoms with van der Waals surface area (Å²) in [6.45, 7) is 4.79. The van der Waals surface area contributed by atoms with Gasteiger partial charge in [-0.25, -0.2) is 9.78 Å². The van der Waals surface area contributed by atoms with Crippen LogP contribution in [-0.4, -0.2) is 29.3 Å². The van der Waals surface area contributed by atoms with Gasteiger partial charge < -0.3 is 20.2 Å². The van der Waals surface area contributed by atoms with Crippen molar-refractivity contribution in [3.63, 3.8) is 0 Å². The first-order valence-corrected chi connectivity index (χ1v) is 7.63. The van der Waals surface area contributed by atoms with E-state index in [2.05, 4.69) is 15.6 Å². The molecule has 2 aromatic rings. The number of aliphatic hydroxyl groups excluding tert-OH is 1. The van der Waals surface area contributed by atoms with Crippen LogP contribution in [0.4, 0.5) is 4.79 Å². The summed E-state index contributed by atoms with van der Waals surface area (Å²) in [5.41, 5.74) is 0.802. The van der Waals surface area contributed by atoms with E-state index in [4.69, 9.17) is 9.52 Å². The molecule has 2 amide bonds. The van der Waals surface area contributed by atoms with E-state index in [1.807, 2.05) is 44.2 Å². The van der Waals surface area contributed by atoms with Gasteiger partial charge >= 0.3 is 6.03 Å². The minimum Gasteiger partial charge on any atom is -0.439 e. The SMILES string of the molecule is CC(C)(CCO)CNC(=O)NCc1ncc(-c2ccccc2)o1. The zero-order valence-corrected chi connectivity index (χ0v) is 13.5. The van der Waals surface area contributed by atoms with Crippen molar-refractivity contribution < 1.29 is 14.3 Å². The van der Waals surface area contributed by atoms with Gasteiger partial charge in [0.25, 0.3) is 0 Å². The van der Waals surface area contributed by atoms with E-state index in [1.54, 1.807) is 6.20 Å². The summed E-state index contributed by atoms with van der Waals surface area (Å²) in [5.74, 6) is 1.13. The Hall–Kier alpha value is -2.34. The summed E-state index contributed by atoms with van der Waals surface area (Å²) in [7, 11) is 0. The number of nitrogens with one attached hydrogen (secondary N) is 2. The van der Waals surface area contributed by atoms with Gasteiger partial charge in [-0.2, -0.15) is 0 Å². The van der Waals surface area contributed by atoms with Crippen LogP contribution in [0.15, 0.2) is 40.9 Å². The molecule has 0 aliphatic rings. The highest BCUT2D eigenvalue weighted by atomic mass is 16.4. The Morgan fingerprint density at radius 2 is 2.00 bits per heavy atom. The Bertz CT molecular complexity index is 623. The fourth-order valence-electron chi connectivity index (χ4n) is 2.06. The number of benzene rings is 1. The predicted molar refractivity (Wildman–Crippen MR) is 87.7 cm³/mol. The second-order valence-corrected chi connectivity index (χ2v) is 6.16. The third-order valence-electron chi connectivity index (χ3n) is 3.53. The number of carbonyl (C=O) groups excluding carboxylic acids is 1. The number of nitrogens with zero attached hydrogens (tertiary/aromatic N) is 1. The van der Waals surface area contributed by atoms with E-state index in [9.17, 15) is 4.79 Å². The van der Waals surface area contributed by atoms with Crippen LogP contribution in [0.5, 0.6) is 0 Å². The van der Waals surface area contributed by atoms with Crippen LogP contribution in [0.25, 0.3) is 11.3 Å². The molecule has 0 unspecified atom stereocenters. The lowest BCUT2D eigenvalue weighted by Crippen LogP contribution is -2.40. The van der Waals surface area contributed by atoms with Gasteiger partial charge in [0.15, 0.2) is 5.76 Å². The number of hydrogen-bond donors (Lipinski definition) is 3. The van der Waals surface area contributed by atoms with Gasteiger partial charge in [0, 0.05) is 18.7 Å². The lowest BCUT2D eigenvalue weighted by atomic mass is 9.90. The van der Waals surface area contributed by atoms with E-state index in [0.29, 0.717) is 24.6 Å². The molecule has 0 aliphatic heterocycles. The van der Waals surface area contributed by atoms with Gasteiger partial charge in [0.2, 0.25) is 5.89 Å². The summed E-state index contributed by atoms with van der Waals surface area (Å²) < 4.78 is 5.62. The second kappa shape index (κ2) is 7.78. The summed E-state index contributed by atoms with van der Waals surface area (Å²) in [5, 5.41) is 14.5. The summed E-state index contributed by atoms with van der Waals surface area (Å²) >= 11 is 0. The number of rotatable bonds is 7. The van der Waals surface area contributed by atoms with E-state index < -0.39 is 0 Å². The number of aromatic nitrogens is 1. The Morgan fingerprint density at radius 1 is 1.26 bits per heavy atom. The van der Waals surface area contributed by atoms with Crippen LogP contribution in [-0.2, 0) is 6.54 Å². The largest absolute Gasteiger partial charge is 0.439 e. The van der Waals surface area contributed by atoms with Crippen LogP contribution in [0.3, 0.4) is 0 Å². The summed E-state index contributed by atoms with van der Waals surface area (Å²) in [4.78, 5) is 16.0. The van der Waals surface area contributed by atoms with Crippen LogP contribution < -0.4 is 10.6 Å². The molecule has 1 aromatic carbocycles. The highest BCUT2D eigenvalue weighted by Gasteiger charge is 2.18. The maximum absolute atomic E-state index is 11.8. The average Bonchev–Trinajstić information content (AvgIpc) is 3.01. The molecule has 0 spiro atoms. The van der Waals surface area contributed by atoms with E-state index in [1.165, 1.54) is 0 Å². The topological polar surface area (TPSA) is 87.4 Å². The minimum absolute atomic E-state index is 0.106. The van der Waals surface area contributed by atoms with Gasteiger partial charge in [-0.05, 0) is 11.8 Å². The third kappa shape index (κ3) is 5.41. The van der Waals surface area contributed by atoms with Gasteiger partial charge in [-0.1, -0.05) is 44.2 Å². The molecule has 2 rings (SSSR count). The molecular weight excluding hydrogens is 294 g/mol. The number of hydrogen-bond acceptors (Lipinski definition) is 4. The molecule has 23 heavy (non-hydrogen) atoms. The van der Waals surface area contributed by atoms with Gasteiger partial charge in [0.05, 0.1) is 12.7 Å². The highest BCUT2D eigenvalue weighted by molar-refractivity contribution is 5.73. The summed E-state index contributed by atoms with van der Waals surface area (Å²) in [6.07, 6.45) is 2.28. The number of oxazole rings is 1. The molecule has 0 bridgehead atoms. The van der Waals surface area contributed by atoms with E-state index >= 15 is 0 Å². The Morgan fingerprint density at radius 3 is 2.70 bits per heavy atom. The first-order chi connectivity index (χ1) is 11.0. The molecule has 0 saturated carbocycles. The van der Waals surface area contributed by atoms with Crippen molar-refractivity contribution in [1.29, 1.82) is 0 Å². The quantitative estimate of drug-likeness (QED) is 0.732. The van der Waals surface area contributed by atoms with Crippen LogP contribution in [0.2, 0.25) is 0 Å². The Kier molecular flexibility index (Phi) is 5.76. The first kappa shape index (κ1) is 17.0. The van der Waals surface area contributed by atoms with Gasteiger partial charge in [-0.3, -0.25) is 0 Å². The van der Waals surface area contributed by atoms with Crippen LogP contribution in [0.1, 0.15) is 26.2 Å². The van der Waals surface area contributed by atoms with Gasteiger partial charge in [-0.15, -0.1) is 0 Å². The second-order valence-electron chi connectivity index (χ2n) is 6.16. The molecule has 0 radical (unpaired) electrons. The molecule has 6 heteroatoms. The zero-order valence-electron chi connectivity index (χ0n) is 13.5. The molecule has 124 valence electrons. The van der Waals surface area contributed by atoms with Crippen molar-refractivity contribution in [3.05, 3.63) is 42.4 Å². The standard InChI is InChI=1S/C17H23N3O3/c1-17(2,8-9-21)12-20-16(22)19-11-15-18-10-14(23-15)13-6-4-3-5-7-13/h3-7,10,21H,8-9,11-12H2,1-2H3,(H2,19,20,22). The molecule has 6 nitrogen and oxygen atoms in total. The van der Waals surface area contributed by atoms with Crippen molar-refractivity contribution in [2.45, 2.75) is 26.8 Å². The maximum Gasteiger partial charge on any atom is 0.315 e. The molecule has 0 atom stereocenters.